The number of aliphatic carboxylic acids is 1. The van der Waals surface area contributed by atoms with Gasteiger partial charge in [0.1, 0.15) is 6.04 Å². The Morgan fingerprint density at radius 3 is 2.45 bits per heavy atom. The van der Waals surface area contributed by atoms with Crippen LogP contribution in [-0.2, 0) is 14.8 Å². The summed E-state index contributed by atoms with van der Waals surface area (Å²) >= 11 is 0. The first-order valence-corrected chi connectivity index (χ1v) is 8.24. The number of benzene rings is 1. The second-order valence-electron chi connectivity index (χ2n) is 5.03. The molecular formula is C14H20N2O5S. The molecule has 0 radical (unpaired) electrons. The molecule has 0 aliphatic heterocycles. The van der Waals surface area contributed by atoms with Crippen molar-refractivity contribution < 1.29 is 23.1 Å². The minimum Gasteiger partial charge on any atom is -0.480 e. The van der Waals surface area contributed by atoms with Crippen LogP contribution in [0.2, 0.25) is 0 Å². The molecule has 122 valence electrons. The number of hydrogen-bond donors (Lipinski definition) is 2. The fourth-order valence-corrected chi connectivity index (χ4v) is 3.10. The van der Waals surface area contributed by atoms with Crippen molar-refractivity contribution >= 4 is 21.9 Å². The number of nitrogens with one attached hydrogen (secondary N) is 1. The molecule has 1 unspecified atom stereocenters. The quantitative estimate of drug-likeness (QED) is 0.774. The third kappa shape index (κ3) is 4.54. The van der Waals surface area contributed by atoms with Crippen molar-refractivity contribution in [3.8, 4) is 0 Å². The molecular weight excluding hydrogens is 308 g/mol. The van der Waals surface area contributed by atoms with Crippen molar-refractivity contribution in [2.75, 3.05) is 14.1 Å². The van der Waals surface area contributed by atoms with E-state index >= 15 is 0 Å². The van der Waals surface area contributed by atoms with E-state index in [1.165, 1.54) is 29.2 Å². The number of sulfonamides is 1. The third-order valence-electron chi connectivity index (χ3n) is 2.97. The second-order valence-corrected chi connectivity index (χ2v) is 6.74. The van der Waals surface area contributed by atoms with E-state index in [0.717, 1.165) is 0 Å². The summed E-state index contributed by atoms with van der Waals surface area (Å²) in [4.78, 5) is 24.1. The van der Waals surface area contributed by atoms with Crippen molar-refractivity contribution in [1.29, 1.82) is 0 Å². The predicted octanol–water partition coefficient (Wildman–Crippen LogP) is 0.920. The fourth-order valence-electron chi connectivity index (χ4n) is 1.83. The van der Waals surface area contributed by atoms with E-state index in [4.69, 9.17) is 5.11 Å². The molecule has 0 aliphatic rings. The minimum absolute atomic E-state index is 0.137. The van der Waals surface area contributed by atoms with Gasteiger partial charge < -0.3 is 10.0 Å². The zero-order valence-electron chi connectivity index (χ0n) is 12.7. The highest BCUT2D eigenvalue weighted by molar-refractivity contribution is 7.89. The SMILES string of the molecule is CCCC(NS(=O)(=O)c1cccc(C(=O)N(C)C)c1)C(=O)O. The third-order valence-corrected chi connectivity index (χ3v) is 4.44. The number of hydrogen-bond acceptors (Lipinski definition) is 4. The van der Waals surface area contributed by atoms with Gasteiger partial charge in [-0.05, 0) is 24.6 Å². The number of carbonyl (C=O) groups excluding carboxylic acids is 1. The Morgan fingerprint density at radius 2 is 1.95 bits per heavy atom. The molecule has 0 bridgehead atoms. The van der Waals surface area contributed by atoms with Crippen LogP contribution in [0.4, 0.5) is 0 Å². The smallest absolute Gasteiger partial charge is 0.321 e. The first-order valence-electron chi connectivity index (χ1n) is 6.76. The van der Waals surface area contributed by atoms with Gasteiger partial charge in [0.05, 0.1) is 4.90 Å². The Kier molecular flexibility index (Phi) is 6.07. The average Bonchev–Trinajstić information content (AvgIpc) is 2.45. The number of carboxylic acids is 1. The fraction of sp³-hybridized carbons (Fsp3) is 0.429. The van der Waals surface area contributed by atoms with E-state index in [9.17, 15) is 18.0 Å². The summed E-state index contributed by atoms with van der Waals surface area (Å²) in [6.07, 6.45) is 0.712. The van der Waals surface area contributed by atoms with Gasteiger partial charge in [0.15, 0.2) is 0 Å². The van der Waals surface area contributed by atoms with Gasteiger partial charge in [0.25, 0.3) is 5.91 Å². The molecule has 7 nitrogen and oxygen atoms in total. The molecule has 1 aromatic carbocycles. The monoisotopic (exact) mass is 328 g/mol. The molecule has 0 saturated heterocycles. The number of carboxylic acid groups (broad SMARTS) is 1. The lowest BCUT2D eigenvalue weighted by Crippen LogP contribution is -2.40. The summed E-state index contributed by atoms with van der Waals surface area (Å²) in [6, 6.07) is 4.31. The van der Waals surface area contributed by atoms with Crippen LogP contribution in [0, 0.1) is 0 Å². The van der Waals surface area contributed by atoms with Crippen LogP contribution < -0.4 is 4.72 Å². The largest absolute Gasteiger partial charge is 0.480 e. The second kappa shape index (κ2) is 7.37. The number of carbonyl (C=O) groups is 2. The number of amides is 1. The highest BCUT2D eigenvalue weighted by Crippen LogP contribution is 2.14. The lowest BCUT2D eigenvalue weighted by molar-refractivity contribution is -0.139. The Hall–Kier alpha value is -1.93. The summed E-state index contributed by atoms with van der Waals surface area (Å²) < 4.78 is 26.7. The molecule has 8 heteroatoms. The molecule has 1 rings (SSSR count). The first kappa shape index (κ1) is 18.1. The van der Waals surface area contributed by atoms with Gasteiger partial charge in [-0.25, -0.2) is 8.42 Å². The minimum atomic E-state index is -4.01. The van der Waals surface area contributed by atoms with E-state index < -0.39 is 22.0 Å². The van der Waals surface area contributed by atoms with E-state index in [0.29, 0.717) is 6.42 Å². The lowest BCUT2D eigenvalue weighted by Gasteiger charge is -2.15. The van der Waals surface area contributed by atoms with Crippen molar-refractivity contribution in [2.45, 2.75) is 30.7 Å². The molecule has 1 aromatic rings. The maximum absolute atomic E-state index is 12.3. The van der Waals surface area contributed by atoms with Gasteiger partial charge in [-0.3, -0.25) is 9.59 Å². The Balaban J connectivity index is 3.10. The maximum atomic E-state index is 12.3. The van der Waals surface area contributed by atoms with Crippen molar-refractivity contribution in [2.24, 2.45) is 0 Å². The van der Waals surface area contributed by atoms with Crippen molar-refractivity contribution in [1.82, 2.24) is 9.62 Å². The maximum Gasteiger partial charge on any atom is 0.321 e. The van der Waals surface area contributed by atoms with Crippen LogP contribution in [0.25, 0.3) is 0 Å². The van der Waals surface area contributed by atoms with E-state index in [2.05, 4.69) is 4.72 Å². The zero-order chi connectivity index (χ0) is 16.9. The molecule has 1 amide bonds. The Bertz CT molecular complexity index is 655. The average molecular weight is 328 g/mol. The highest BCUT2D eigenvalue weighted by atomic mass is 32.2. The standard InChI is InChI=1S/C14H20N2O5S/c1-4-6-12(14(18)19)15-22(20,21)11-8-5-7-10(9-11)13(17)16(2)3/h5,7-9,12,15H,4,6H2,1-3H3,(H,18,19). The highest BCUT2D eigenvalue weighted by Gasteiger charge is 2.25. The van der Waals surface area contributed by atoms with Gasteiger partial charge >= 0.3 is 5.97 Å². The van der Waals surface area contributed by atoms with E-state index in [-0.39, 0.29) is 22.8 Å². The van der Waals surface area contributed by atoms with Crippen LogP contribution in [0.1, 0.15) is 30.1 Å². The van der Waals surface area contributed by atoms with Crippen LogP contribution in [-0.4, -0.2) is 50.4 Å². The molecule has 0 saturated carbocycles. The zero-order valence-corrected chi connectivity index (χ0v) is 13.6. The van der Waals surface area contributed by atoms with Crippen LogP contribution in [0.5, 0.6) is 0 Å². The van der Waals surface area contributed by atoms with Crippen LogP contribution in [0.15, 0.2) is 29.2 Å². The Labute approximate surface area is 130 Å². The van der Waals surface area contributed by atoms with Gasteiger partial charge in [0.2, 0.25) is 10.0 Å². The van der Waals surface area contributed by atoms with E-state index in [1.807, 2.05) is 0 Å². The van der Waals surface area contributed by atoms with Crippen LogP contribution >= 0.6 is 0 Å². The molecule has 0 heterocycles. The number of rotatable bonds is 7. The Morgan fingerprint density at radius 1 is 1.32 bits per heavy atom. The van der Waals surface area contributed by atoms with Crippen LogP contribution in [0.3, 0.4) is 0 Å². The molecule has 0 aromatic heterocycles. The van der Waals surface area contributed by atoms with Crippen molar-refractivity contribution in [3.05, 3.63) is 29.8 Å². The molecule has 2 N–H and O–H groups in total. The first-order chi connectivity index (χ1) is 10.2. The molecule has 22 heavy (non-hydrogen) atoms. The van der Waals surface area contributed by atoms with E-state index in [1.54, 1.807) is 21.0 Å². The molecule has 0 fully saturated rings. The normalized spacial score (nSPS) is 12.7. The van der Waals surface area contributed by atoms with Gasteiger partial charge in [0, 0.05) is 19.7 Å². The topological polar surface area (TPSA) is 104 Å². The summed E-state index contributed by atoms with van der Waals surface area (Å²) in [5, 5.41) is 9.04. The van der Waals surface area contributed by atoms with Gasteiger partial charge in [-0.15, -0.1) is 0 Å². The van der Waals surface area contributed by atoms with Gasteiger partial charge in [-0.2, -0.15) is 4.72 Å². The van der Waals surface area contributed by atoms with Crippen molar-refractivity contribution in [3.63, 3.8) is 0 Å². The molecule has 0 aliphatic carbocycles. The summed E-state index contributed by atoms with van der Waals surface area (Å²) in [7, 11) is -0.892. The predicted molar refractivity (Wildman–Crippen MR) is 81.1 cm³/mol. The summed E-state index contributed by atoms with van der Waals surface area (Å²) in [6.45, 7) is 1.76. The lowest BCUT2D eigenvalue weighted by atomic mass is 10.2. The van der Waals surface area contributed by atoms with Gasteiger partial charge in [-0.1, -0.05) is 19.4 Å². The molecule has 1 atom stereocenters. The summed E-state index contributed by atoms with van der Waals surface area (Å²) in [5.41, 5.74) is 0.218. The molecule has 0 spiro atoms. The number of nitrogens with zero attached hydrogens (tertiary/aromatic N) is 1. The summed E-state index contributed by atoms with van der Waals surface area (Å²) in [5.74, 6) is -1.56.